The van der Waals surface area contributed by atoms with E-state index in [4.69, 9.17) is 15.0 Å². The van der Waals surface area contributed by atoms with Gasteiger partial charge < -0.3 is 15.0 Å². The Morgan fingerprint density at radius 1 is 1.32 bits per heavy atom. The summed E-state index contributed by atoms with van der Waals surface area (Å²) in [6.07, 6.45) is 1.39. The molecular formula is C14H19N3O2. The zero-order valence-corrected chi connectivity index (χ0v) is 11.3. The van der Waals surface area contributed by atoms with Crippen LogP contribution in [0.15, 0.2) is 28.8 Å². The lowest BCUT2D eigenvalue weighted by molar-refractivity contribution is 0.356. The summed E-state index contributed by atoms with van der Waals surface area (Å²) in [5.74, 6) is 2.55. The van der Waals surface area contributed by atoms with Gasteiger partial charge in [0.15, 0.2) is 5.82 Å². The van der Waals surface area contributed by atoms with Crippen molar-refractivity contribution < 1.29 is 9.26 Å². The van der Waals surface area contributed by atoms with Crippen LogP contribution >= 0.6 is 0 Å². The standard InChI is InChI=1S/C14H19N3O2/c1-10(9-15)7-14-16-13(17-19-14)8-11-3-5-12(18-2)6-4-11/h3-6,10H,7-9,15H2,1-2H3. The molecule has 1 unspecified atom stereocenters. The fourth-order valence-corrected chi connectivity index (χ4v) is 1.75. The number of methoxy groups -OCH3 is 1. The van der Waals surface area contributed by atoms with Gasteiger partial charge in [-0.1, -0.05) is 24.2 Å². The first-order valence-electron chi connectivity index (χ1n) is 6.35. The van der Waals surface area contributed by atoms with E-state index in [0.29, 0.717) is 30.6 Å². The Morgan fingerprint density at radius 3 is 2.68 bits per heavy atom. The molecular weight excluding hydrogens is 242 g/mol. The normalized spacial score (nSPS) is 12.4. The maximum Gasteiger partial charge on any atom is 0.226 e. The van der Waals surface area contributed by atoms with E-state index in [1.807, 2.05) is 24.3 Å². The molecule has 0 radical (unpaired) electrons. The number of nitrogens with zero attached hydrogens (tertiary/aromatic N) is 2. The predicted molar refractivity (Wildman–Crippen MR) is 72.0 cm³/mol. The van der Waals surface area contributed by atoms with Crippen LogP contribution in [-0.4, -0.2) is 23.8 Å². The zero-order valence-electron chi connectivity index (χ0n) is 11.3. The highest BCUT2D eigenvalue weighted by atomic mass is 16.5. The summed E-state index contributed by atoms with van der Waals surface area (Å²) in [6.45, 7) is 2.68. The molecule has 0 aliphatic heterocycles. The van der Waals surface area contributed by atoms with Crippen LogP contribution in [0.3, 0.4) is 0 Å². The molecule has 2 N–H and O–H groups in total. The highest BCUT2D eigenvalue weighted by molar-refractivity contribution is 5.28. The summed E-state index contributed by atoms with van der Waals surface area (Å²) in [5, 5.41) is 3.98. The van der Waals surface area contributed by atoms with Gasteiger partial charge in [0.1, 0.15) is 5.75 Å². The van der Waals surface area contributed by atoms with Gasteiger partial charge in [-0.2, -0.15) is 4.98 Å². The fraction of sp³-hybridized carbons (Fsp3) is 0.429. The number of ether oxygens (including phenoxy) is 1. The average molecular weight is 261 g/mol. The van der Waals surface area contributed by atoms with Crippen LogP contribution in [0.2, 0.25) is 0 Å². The molecule has 0 spiro atoms. The molecule has 5 nitrogen and oxygen atoms in total. The van der Waals surface area contributed by atoms with Gasteiger partial charge in [-0.05, 0) is 30.2 Å². The molecule has 1 heterocycles. The molecule has 0 fully saturated rings. The van der Waals surface area contributed by atoms with Gasteiger partial charge in [0.25, 0.3) is 0 Å². The van der Waals surface area contributed by atoms with Crippen LogP contribution < -0.4 is 10.5 Å². The van der Waals surface area contributed by atoms with Crippen molar-refractivity contribution in [2.75, 3.05) is 13.7 Å². The molecule has 0 bridgehead atoms. The fourth-order valence-electron chi connectivity index (χ4n) is 1.75. The van der Waals surface area contributed by atoms with E-state index in [-0.39, 0.29) is 0 Å². The van der Waals surface area contributed by atoms with Crippen molar-refractivity contribution in [3.8, 4) is 5.75 Å². The third-order valence-electron chi connectivity index (χ3n) is 2.96. The Bertz CT molecular complexity index is 508. The minimum Gasteiger partial charge on any atom is -0.497 e. The summed E-state index contributed by atoms with van der Waals surface area (Å²) in [5.41, 5.74) is 6.70. The van der Waals surface area contributed by atoms with Gasteiger partial charge in [0, 0.05) is 12.8 Å². The summed E-state index contributed by atoms with van der Waals surface area (Å²) in [7, 11) is 1.65. The van der Waals surface area contributed by atoms with Crippen molar-refractivity contribution in [1.29, 1.82) is 0 Å². The number of hydrogen-bond acceptors (Lipinski definition) is 5. The van der Waals surface area contributed by atoms with Gasteiger partial charge >= 0.3 is 0 Å². The van der Waals surface area contributed by atoms with E-state index in [2.05, 4.69) is 17.1 Å². The molecule has 0 saturated carbocycles. The van der Waals surface area contributed by atoms with Crippen molar-refractivity contribution in [3.63, 3.8) is 0 Å². The quantitative estimate of drug-likeness (QED) is 0.858. The molecule has 19 heavy (non-hydrogen) atoms. The lowest BCUT2D eigenvalue weighted by atomic mass is 10.1. The minimum atomic E-state index is 0.356. The number of aromatic nitrogens is 2. The zero-order chi connectivity index (χ0) is 13.7. The molecule has 0 saturated heterocycles. The SMILES string of the molecule is COc1ccc(Cc2noc(CC(C)CN)n2)cc1. The molecule has 5 heteroatoms. The molecule has 0 aliphatic carbocycles. The molecule has 2 rings (SSSR count). The number of rotatable bonds is 6. The Labute approximate surface area is 112 Å². The molecule has 102 valence electrons. The van der Waals surface area contributed by atoms with E-state index in [1.165, 1.54) is 0 Å². The summed E-state index contributed by atoms with van der Waals surface area (Å²) < 4.78 is 10.3. The third-order valence-corrected chi connectivity index (χ3v) is 2.96. The molecule has 1 aromatic heterocycles. The van der Waals surface area contributed by atoms with E-state index in [9.17, 15) is 0 Å². The van der Waals surface area contributed by atoms with E-state index < -0.39 is 0 Å². The van der Waals surface area contributed by atoms with Crippen LogP contribution in [0.4, 0.5) is 0 Å². The summed E-state index contributed by atoms with van der Waals surface area (Å²) >= 11 is 0. The maximum absolute atomic E-state index is 5.58. The van der Waals surface area contributed by atoms with Crippen molar-refractivity contribution >= 4 is 0 Å². The smallest absolute Gasteiger partial charge is 0.226 e. The van der Waals surface area contributed by atoms with Crippen molar-refractivity contribution in [1.82, 2.24) is 10.1 Å². The van der Waals surface area contributed by atoms with Gasteiger partial charge in [0.2, 0.25) is 5.89 Å². The van der Waals surface area contributed by atoms with Crippen LogP contribution in [-0.2, 0) is 12.8 Å². The van der Waals surface area contributed by atoms with Gasteiger partial charge in [-0.3, -0.25) is 0 Å². The molecule has 0 aliphatic rings. The Morgan fingerprint density at radius 2 is 2.05 bits per heavy atom. The summed E-state index contributed by atoms with van der Waals surface area (Å²) in [6, 6.07) is 7.84. The average Bonchev–Trinajstić information content (AvgIpc) is 2.86. The molecule has 0 amide bonds. The predicted octanol–water partition coefficient (Wildman–Crippen LogP) is 1.81. The molecule has 1 aromatic carbocycles. The second-order valence-electron chi connectivity index (χ2n) is 4.67. The largest absolute Gasteiger partial charge is 0.497 e. The van der Waals surface area contributed by atoms with Gasteiger partial charge in [0.05, 0.1) is 7.11 Å². The first kappa shape index (κ1) is 13.5. The number of benzene rings is 1. The topological polar surface area (TPSA) is 74.2 Å². The Kier molecular flexibility index (Phi) is 4.52. The van der Waals surface area contributed by atoms with Crippen LogP contribution in [0.25, 0.3) is 0 Å². The van der Waals surface area contributed by atoms with Gasteiger partial charge in [-0.25, -0.2) is 0 Å². The Balaban J connectivity index is 1.98. The monoisotopic (exact) mass is 261 g/mol. The molecule has 2 aromatic rings. The lowest BCUT2D eigenvalue weighted by Gasteiger charge is -2.02. The Hall–Kier alpha value is -1.88. The van der Waals surface area contributed by atoms with E-state index >= 15 is 0 Å². The van der Waals surface area contributed by atoms with E-state index in [1.54, 1.807) is 7.11 Å². The summed E-state index contributed by atoms with van der Waals surface area (Å²) in [4.78, 5) is 4.37. The van der Waals surface area contributed by atoms with Crippen molar-refractivity contribution in [3.05, 3.63) is 41.5 Å². The van der Waals surface area contributed by atoms with Gasteiger partial charge in [-0.15, -0.1) is 0 Å². The number of hydrogen-bond donors (Lipinski definition) is 1. The lowest BCUT2D eigenvalue weighted by Crippen LogP contribution is -2.13. The maximum atomic E-state index is 5.58. The van der Waals surface area contributed by atoms with E-state index in [0.717, 1.165) is 17.7 Å². The second-order valence-corrected chi connectivity index (χ2v) is 4.67. The van der Waals surface area contributed by atoms with Crippen LogP contribution in [0, 0.1) is 5.92 Å². The molecule has 1 atom stereocenters. The first-order chi connectivity index (χ1) is 9.21. The van der Waals surface area contributed by atoms with Crippen LogP contribution in [0.1, 0.15) is 24.2 Å². The minimum absolute atomic E-state index is 0.356. The first-order valence-corrected chi connectivity index (χ1v) is 6.35. The number of nitrogens with two attached hydrogens (primary N) is 1. The second kappa shape index (κ2) is 6.33. The van der Waals surface area contributed by atoms with Crippen molar-refractivity contribution in [2.24, 2.45) is 11.7 Å². The van der Waals surface area contributed by atoms with Crippen LogP contribution in [0.5, 0.6) is 5.75 Å². The highest BCUT2D eigenvalue weighted by Crippen LogP contribution is 2.14. The van der Waals surface area contributed by atoms with Crippen molar-refractivity contribution in [2.45, 2.75) is 19.8 Å². The highest BCUT2D eigenvalue weighted by Gasteiger charge is 2.10. The third kappa shape index (κ3) is 3.79.